The van der Waals surface area contributed by atoms with Crippen molar-refractivity contribution in [3.8, 4) is 11.5 Å². The van der Waals surface area contributed by atoms with E-state index < -0.39 is 0 Å². The van der Waals surface area contributed by atoms with E-state index in [9.17, 15) is 0 Å². The van der Waals surface area contributed by atoms with E-state index >= 15 is 0 Å². The molecule has 26 heavy (non-hydrogen) atoms. The second-order valence-corrected chi connectivity index (χ2v) is 6.23. The van der Waals surface area contributed by atoms with Gasteiger partial charge in [-0.1, -0.05) is 30.3 Å². The first-order chi connectivity index (χ1) is 12.9. The molecule has 0 unspecified atom stereocenters. The summed E-state index contributed by atoms with van der Waals surface area (Å²) in [5.41, 5.74) is 2.28. The zero-order valence-electron chi connectivity index (χ0n) is 15.3. The molecule has 3 rings (SSSR count). The Kier molecular flexibility index (Phi) is 6.85. The zero-order valence-corrected chi connectivity index (χ0v) is 15.3. The van der Waals surface area contributed by atoms with Crippen LogP contribution in [0.25, 0.3) is 10.9 Å². The van der Waals surface area contributed by atoms with E-state index in [2.05, 4.69) is 34.6 Å². The zero-order chi connectivity index (χ0) is 18.0. The highest BCUT2D eigenvalue weighted by molar-refractivity contribution is 5.84. The monoisotopic (exact) mass is 350 g/mol. The minimum atomic E-state index is 0.647. The lowest BCUT2D eigenvalue weighted by atomic mass is 10.1. The van der Waals surface area contributed by atoms with Gasteiger partial charge >= 0.3 is 0 Å². The summed E-state index contributed by atoms with van der Waals surface area (Å²) in [6.45, 7) is 2.49. The third-order valence-electron chi connectivity index (χ3n) is 4.36. The fourth-order valence-electron chi connectivity index (χ4n) is 2.92. The van der Waals surface area contributed by atoms with Gasteiger partial charge in [0.25, 0.3) is 0 Å². The summed E-state index contributed by atoms with van der Waals surface area (Å²) in [4.78, 5) is 4.41. The molecule has 0 aliphatic carbocycles. The molecular weight excluding hydrogens is 324 g/mol. The number of aromatic nitrogens is 1. The molecule has 0 atom stereocenters. The molecule has 0 fully saturated rings. The van der Waals surface area contributed by atoms with Crippen LogP contribution in [0.2, 0.25) is 0 Å². The van der Waals surface area contributed by atoms with Crippen molar-refractivity contribution < 1.29 is 9.47 Å². The SMILES string of the molecule is COc1ccc(CCCCNCCOc2cccc3cccnc23)cc1. The van der Waals surface area contributed by atoms with E-state index in [4.69, 9.17) is 9.47 Å². The van der Waals surface area contributed by atoms with Crippen LogP contribution in [0, 0.1) is 0 Å². The molecule has 1 heterocycles. The van der Waals surface area contributed by atoms with E-state index in [-0.39, 0.29) is 0 Å². The van der Waals surface area contributed by atoms with E-state index in [0.29, 0.717) is 6.61 Å². The third-order valence-corrected chi connectivity index (χ3v) is 4.36. The van der Waals surface area contributed by atoms with Crippen molar-refractivity contribution in [2.75, 3.05) is 26.8 Å². The average molecular weight is 350 g/mol. The molecule has 0 bridgehead atoms. The molecule has 2 aromatic carbocycles. The number of aryl methyl sites for hydroxylation is 1. The molecule has 136 valence electrons. The van der Waals surface area contributed by atoms with E-state index in [1.165, 1.54) is 12.0 Å². The number of nitrogens with zero attached hydrogens (tertiary/aromatic N) is 1. The molecular formula is C22H26N2O2. The summed E-state index contributed by atoms with van der Waals surface area (Å²) in [5.74, 6) is 1.77. The van der Waals surface area contributed by atoms with Crippen LogP contribution in [-0.2, 0) is 6.42 Å². The number of fused-ring (bicyclic) bond motifs is 1. The third kappa shape index (κ3) is 5.20. The predicted molar refractivity (Wildman–Crippen MR) is 106 cm³/mol. The van der Waals surface area contributed by atoms with E-state index in [1.54, 1.807) is 13.3 Å². The van der Waals surface area contributed by atoms with Crippen LogP contribution >= 0.6 is 0 Å². The van der Waals surface area contributed by atoms with Crippen molar-refractivity contribution in [3.05, 3.63) is 66.4 Å². The lowest BCUT2D eigenvalue weighted by molar-refractivity contribution is 0.316. The molecule has 4 nitrogen and oxygen atoms in total. The van der Waals surface area contributed by atoms with Gasteiger partial charge in [0.1, 0.15) is 23.6 Å². The molecule has 1 aromatic heterocycles. The van der Waals surface area contributed by atoms with Gasteiger partial charge in [0.2, 0.25) is 0 Å². The molecule has 0 radical (unpaired) electrons. The van der Waals surface area contributed by atoms with Crippen LogP contribution in [0.1, 0.15) is 18.4 Å². The van der Waals surface area contributed by atoms with Crippen LogP contribution in [0.4, 0.5) is 0 Å². The maximum absolute atomic E-state index is 5.88. The lowest BCUT2D eigenvalue weighted by Gasteiger charge is -2.09. The first-order valence-corrected chi connectivity index (χ1v) is 9.17. The van der Waals surface area contributed by atoms with Gasteiger partial charge in [-0.2, -0.15) is 0 Å². The topological polar surface area (TPSA) is 43.4 Å². The minimum Gasteiger partial charge on any atom is -0.497 e. The number of pyridine rings is 1. The second kappa shape index (κ2) is 9.78. The van der Waals surface area contributed by atoms with Gasteiger partial charge in [-0.25, -0.2) is 0 Å². The Bertz CT molecular complexity index is 797. The van der Waals surface area contributed by atoms with E-state index in [1.807, 2.05) is 30.3 Å². The van der Waals surface area contributed by atoms with Gasteiger partial charge in [0.15, 0.2) is 0 Å². The Hall–Kier alpha value is -2.59. The highest BCUT2D eigenvalue weighted by atomic mass is 16.5. The number of hydrogen-bond acceptors (Lipinski definition) is 4. The summed E-state index contributed by atoms with van der Waals surface area (Å²) in [7, 11) is 1.70. The molecule has 0 aliphatic heterocycles. The Balaban J connectivity index is 1.29. The number of ether oxygens (including phenoxy) is 2. The van der Waals surface area contributed by atoms with Crippen molar-refractivity contribution in [3.63, 3.8) is 0 Å². The van der Waals surface area contributed by atoms with Gasteiger partial charge < -0.3 is 14.8 Å². The van der Waals surface area contributed by atoms with Gasteiger partial charge in [-0.15, -0.1) is 0 Å². The van der Waals surface area contributed by atoms with Crippen molar-refractivity contribution in [2.45, 2.75) is 19.3 Å². The molecule has 0 spiro atoms. The standard InChI is InChI=1S/C22H26N2O2/c1-25-20-12-10-18(11-13-20)6-2-3-14-23-16-17-26-21-9-4-7-19-8-5-15-24-22(19)21/h4-5,7-13,15,23H,2-3,6,14,16-17H2,1H3. The summed E-state index contributed by atoms with van der Waals surface area (Å²) in [6, 6.07) is 18.3. The van der Waals surface area contributed by atoms with Gasteiger partial charge in [-0.3, -0.25) is 4.98 Å². The molecule has 3 aromatic rings. The van der Waals surface area contributed by atoms with Crippen LogP contribution in [-0.4, -0.2) is 31.8 Å². The number of para-hydroxylation sites is 1. The van der Waals surface area contributed by atoms with Gasteiger partial charge in [-0.05, 0) is 55.6 Å². The van der Waals surface area contributed by atoms with Crippen LogP contribution in [0.15, 0.2) is 60.8 Å². The van der Waals surface area contributed by atoms with Crippen LogP contribution < -0.4 is 14.8 Å². The Morgan fingerprint density at radius 1 is 0.923 bits per heavy atom. The number of rotatable bonds is 10. The molecule has 0 saturated carbocycles. The maximum atomic E-state index is 5.88. The molecule has 1 N–H and O–H groups in total. The Morgan fingerprint density at radius 2 is 1.77 bits per heavy atom. The smallest absolute Gasteiger partial charge is 0.145 e. The fourth-order valence-corrected chi connectivity index (χ4v) is 2.92. The van der Waals surface area contributed by atoms with Crippen LogP contribution in [0.3, 0.4) is 0 Å². The van der Waals surface area contributed by atoms with Gasteiger partial charge in [0.05, 0.1) is 7.11 Å². The van der Waals surface area contributed by atoms with Crippen molar-refractivity contribution in [2.24, 2.45) is 0 Å². The summed E-state index contributed by atoms with van der Waals surface area (Å²) in [6.07, 6.45) is 5.23. The Morgan fingerprint density at radius 3 is 2.62 bits per heavy atom. The minimum absolute atomic E-state index is 0.647. The van der Waals surface area contributed by atoms with Crippen molar-refractivity contribution in [1.29, 1.82) is 0 Å². The maximum Gasteiger partial charge on any atom is 0.145 e. The van der Waals surface area contributed by atoms with Crippen molar-refractivity contribution in [1.82, 2.24) is 10.3 Å². The second-order valence-electron chi connectivity index (χ2n) is 6.23. The summed E-state index contributed by atoms with van der Waals surface area (Å²) >= 11 is 0. The number of unbranched alkanes of at least 4 members (excludes halogenated alkanes) is 1. The largest absolute Gasteiger partial charge is 0.497 e. The summed E-state index contributed by atoms with van der Waals surface area (Å²) < 4.78 is 11.1. The normalized spacial score (nSPS) is 10.8. The molecule has 0 saturated heterocycles. The number of nitrogens with one attached hydrogen (secondary N) is 1. The highest BCUT2D eigenvalue weighted by Crippen LogP contribution is 2.22. The number of benzene rings is 2. The Labute approximate surface area is 155 Å². The van der Waals surface area contributed by atoms with E-state index in [0.717, 1.165) is 48.3 Å². The number of methoxy groups -OCH3 is 1. The summed E-state index contributed by atoms with van der Waals surface area (Å²) in [5, 5.41) is 4.55. The first-order valence-electron chi connectivity index (χ1n) is 9.17. The first kappa shape index (κ1) is 18.2. The highest BCUT2D eigenvalue weighted by Gasteiger charge is 2.02. The van der Waals surface area contributed by atoms with Gasteiger partial charge in [0, 0.05) is 18.1 Å². The van der Waals surface area contributed by atoms with Crippen LogP contribution in [0.5, 0.6) is 11.5 Å². The fraction of sp³-hybridized carbons (Fsp3) is 0.318. The molecule has 0 aliphatic rings. The average Bonchev–Trinajstić information content (AvgIpc) is 2.70. The molecule has 4 heteroatoms. The lowest BCUT2D eigenvalue weighted by Crippen LogP contribution is -2.22. The molecule has 0 amide bonds. The quantitative estimate of drug-likeness (QED) is 0.556. The predicted octanol–water partition coefficient (Wildman–Crippen LogP) is 4.23. The van der Waals surface area contributed by atoms with Crippen molar-refractivity contribution >= 4 is 10.9 Å². The number of hydrogen-bond donors (Lipinski definition) is 1.